The molecule has 0 bridgehead atoms. The molecule has 4 aromatic carbocycles. The van der Waals surface area contributed by atoms with Gasteiger partial charge in [-0.1, -0.05) is 91.0 Å². The van der Waals surface area contributed by atoms with Crippen molar-refractivity contribution in [1.82, 2.24) is 0 Å². The summed E-state index contributed by atoms with van der Waals surface area (Å²) in [5, 5.41) is 0. The zero-order valence-electron chi connectivity index (χ0n) is 18.8. The lowest BCUT2D eigenvalue weighted by Crippen LogP contribution is -2.29. The molecule has 32 heavy (non-hydrogen) atoms. The van der Waals surface area contributed by atoms with E-state index in [0.29, 0.717) is 0 Å². The molecule has 162 valence electrons. The lowest BCUT2D eigenvalue weighted by Gasteiger charge is -2.36. The molecule has 0 spiro atoms. The first-order valence-corrected chi connectivity index (χ1v) is 11.2. The fraction of sp³-hybridized carbons (Fsp3) is 0.200. The van der Waals surface area contributed by atoms with Crippen molar-refractivity contribution in [2.45, 2.75) is 24.7 Å². The average Bonchev–Trinajstić information content (AvgIpc) is 2.88. The molecule has 0 aliphatic rings. The molecule has 2 heteroatoms. The molecule has 0 aliphatic carbocycles. The summed E-state index contributed by atoms with van der Waals surface area (Å²) < 4.78 is 11.0. The summed E-state index contributed by atoms with van der Waals surface area (Å²) >= 11 is 0. The van der Waals surface area contributed by atoms with E-state index in [1.807, 2.05) is 12.1 Å². The second-order valence-electron chi connectivity index (χ2n) is 8.03. The zero-order valence-corrected chi connectivity index (χ0v) is 18.8. The fourth-order valence-electron chi connectivity index (χ4n) is 4.71. The van der Waals surface area contributed by atoms with Crippen molar-refractivity contribution < 1.29 is 9.47 Å². The Morgan fingerprint density at radius 1 is 0.562 bits per heavy atom. The molecule has 0 heterocycles. The molecule has 0 saturated heterocycles. The van der Waals surface area contributed by atoms with Crippen molar-refractivity contribution in [3.63, 3.8) is 0 Å². The molecule has 0 fully saturated rings. The van der Waals surface area contributed by atoms with Crippen LogP contribution in [0.4, 0.5) is 0 Å². The minimum atomic E-state index is -0.253. The summed E-state index contributed by atoms with van der Waals surface area (Å²) in [5.41, 5.74) is 4.87. The first-order valence-electron chi connectivity index (χ1n) is 11.2. The number of ether oxygens (including phenoxy) is 2. The highest BCUT2D eigenvalue weighted by atomic mass is 16.5. The van der Waals surface area contributed by atoms with E-state index in [1.165, 1.54) is 22.3 Å². The second-order valence-corrected chi connectivity index (χ2v) is 8.03. The molecule has 0 atom stereocenters. The molecule has 2 nitrogen and oxygen atoms in total. The van der Waals surface area contributed by atoms with E-state index in [2.05, 4.69) is 97.1 Å². The Balaban J connectivity index is 1.78. The van der Waals surface area contributed by atoms with Crippen LogP contribution in [0.3, 0.4) is 0 Å². The van der Waals surface area contributed by atoms with Crippen molar-refractivity contribution in [1.29, 1.82) is 0 Å². The van der Waals surface area contributed by atoms with Gasteiger partial charge in [0.15, 0.2) is 0 Å². The quantitative estimate of drug-likeness (QED) is 0.269. The van der Waals surface area contributed by atoms with E-state index >= 15 is 0 Å². The van der Waals surface area contributed by atoms with E-state index in [9.17, 15) is 0 Å². The van der Waals surface area contributed by atoms with Crippen LogP contribution in [0.1, 0.15) is 35.1 Å². The number of hydrogen-bond acceptors (Lipinski definition) is 2. The smallest absolute Gasteiger partial charge is 0.122 e. The Morgan fingerprint density at radius 3 is 1.66 bits per heavy atom. The third kappa shape index (κ3) is 4.40. The van der Waals surface area contributed by atoms with Crippen LogP contribution in [-0.2, 0) is 11.8 Å². The molecular formula is C30H30O2. The summed E-state index contributed by atoms with van der Waals surface area (Å²) in [6, 6.07) is 38.6. The first-order chi connectivity index (χ1) is 15.8. The highest BCUT2D eigenvalue weighted by Gasteiger charge is 2.35. The van der Waals surface area contributed by atoms with Crippen LogP contribution in [0.15, 0.2) is 109 Å². The highest BCUT2D eigenvalue weighted by molar-refractivity contribution is 5.51. The van der Waals surface area contributed by atoms with Gasteiger partial charge in [-0.2, -0.15) is 0 Å². The van der Waals surface area contributed by atoms with Crippen LogP contribution in [0.5, 0.6) is 11.5 Å². The van der Waals surface area contributed by atoms with Gasteiger partial charge in [0.2, 0.25) is 0 Å². The SMILES string of the molecule is COc1ccc(C(CCCc2ccccc2OC)(c2ccccc2)c2ccccc2)cc1. The van der Waals surface area contributed by atoms with Gasteiger partial charge in [-0.25, -0.2) is 0 Å². The molecule has 0 amide bonds. The maximum Gasteiger partial charge on any atom is 0.122 e. The van der Waals surface area contributed by atoms with Crippen LogP contribution in [-0.4, -0.2) is 14.2 Å². The molecule has 4 aromatic rings. The van der Waals surface area contributed by atoms with Crippen molar-refractivity contribution >= 4 is 0 Å². The molecule has 0 saturated carbocycles. The van der Waals surface area contributed by atoms with Gasteiger partial charge in [0.1, 0.15) is 11.5 Å². The topological polar surface area (TPSA) is 18.5 Å². The molecule has 0 aromatic heterocycles. The predicted octanol–water partition coefficient (Wildman–Crippen LogP) is 7.06. The van der Waals surface area contributed by atoms with Gasteiger partial charge in [-0.05, 0) is 59.7 Å². The summed E-state index contributed by atoms with van der Waals surface area (Å²) in [7, 11) is 3.46. The number of para-hydroxylation sites is 1. The molecular weight excluding hydrogens is 392 g/mol. The Kier molecular flexibility index (Phi) is 6.91. The summed E-state index contributed by atoms with van der Waals surface area (Å²) in [6.07, 6.45) is 2.96. The number of rotatable bonds is 9. The molecule has 0 unspecified atom stereocenters. The number of benzene rings is 4. The maximum atomic E-state index is 5.59. The van der Waals surface area contributed by atoms with Crippen molar-refractivity contribution in [2.75, 3.05) is 14.2 Å². The predicted molar refractivity (Wildman–Crippen MR) is 132 cm³/mol. The van der Waals surface area contributed by atoms with Gasteiger partial charge in [0.25, 0.3) is 0 Å². The minimum absolute atomic E-state index is 0.253. The van der Waals surface area contributed by atoms with E-state index in [0.717, 1.165) is 30.8 Å². The third-order valence-corrected chi connectivity index (χ3v) is 6.31. The van der Waals surface area contributed by atoms with E-state index in [-0.39, 0.29) is 5.41 Å². The minimum Gasteiger partial charge on any atom is -0.497 e. The Hall–Kier alpha value is -3.52. The normalized spacial score (nSPS) is 11.2. The van der Waals surface area contributed by atoms with Crippen LogP contribution in [0.25, 0.3) is 0 Å². The molecule has 0 radical (unpaired) electrons. The lowest BCUT2D eigenvalue weighted by molar-refractivity contribution is 0.407. The van der Waals surface area contributed by atoms with Gasteiger partial charge in [0.05, 0.1) is 14.2 Å². The van der Waals surface area contributed by atoms with Crippen LogP contribution in [0, 0.1) is 0 Å². The van der Waals surface area contributed by atoms with Gasteiger partial charge in [-0.15, -0.1) is 0 Å². The summed E-state index contributed by atoms with van der Waals surface area (Å²) in [6.45, 7) is 0. The standard InChI is InChI=1S/C30H30O2/c1-31-28-21-19-27(20-22-28)30(25-14-5-3-6-15-25,26-16-7-4-8-17-26)23-11-13-24-12-9-10-18-29(24)32-2/h3-10,12,14-22H,11,13,23H2,1-2H3. The van der Waals surface area contributed by atoms with Crippen molar-refractivity contribution in [3.8, 4) is 11.5 Å². The maximum absolute atomic E-state index is 5.59. The van der Waals surface area contributed by atoms with E-state index in [1.54, 1.807) is 14.2 Å². The van der Waals surface area contributed by atoms with Gasteiger partial charge in [0, 0.05) is 5.41 Å². The first kappa shape index (κ1) is 21.7. The van der Waals surface area contributed by atoms with Gasteiger partial charge in [-0.3, -0.25) is 0 Å². The molecule has 4 rings (SSSR count). The highest BCUT2D eigenvalue weighted by Crippen LogP contribution is 2.44. The largest absolute Gasteiger partial charge is 0.497 e. The van der Waals surface area contributed by atoms with Crippen LogP contribution in [0.2, 0.25) is 0 Å². The summed E-state index contributed by atoms with van der Waals surface area (Å²) in [4.78, 5) is 0. The molecule has 0 aliphatic heterocycles. The Labute approximate surface area is 191 Å². The average molecular weight is 423 g/mol. The number of aryl methyl sites for hydroxylation is 1. The van der Waals surface area contributed by atoms with E-state index in [4.69, 9.17) is 9.47 Å². The summed E-state index contributed by atoms with van der Waals surface area (Å²) in [5.74, 6) is 1.83. The van der Waals surface area contributed by atoms with Crippen LogP contribution >= 0.6 is 0 Å². The number of hydrogen-bond donors (Lipinski definition) is 0. The Morgan fingerprint density at radius 2 is 1.09 bits per heavy atom. The van der Waals surface area contributed by atoms with Crippen molar-refractivity contribution in [3.05, 3.63) is 131 Å². The fourth-order valence-corrected chi connectivity index (χ4v) is 4.71. The third-order valence-electron chi connectivity index (χ3n) is 6.31. The van der Waals surface area contributed by atoms with E-state index < -0.39 is 0 Å². The lowest BCUT2D eigenvalue weighted by atomic mass is 9.66. The second kappa shape index (κ2) is 10.2. The van der Waals surface area contributed by atoms with Gasteiger partial charge < -0.3 is 9.47 Å². The molecule has 0 N–H and O–H groups in total. The zero-order chi connectivity index (χ0) is 22.2. The van der Waals surface area contributed by atoms with Crippen LogP contribution < -0.4 is 9.47 Å². The Bertz CT molecular complexity index is 1060. The van der Waals surface area contributed by atoms with Gasteiger partial charge >= 0.3 is 0 Å². The number of methoxy groups -OCH3 is 2. The van der Waals surface area contributed by atoms with Crippen molar-refractivity contribution in [2.24, 2.45) is 0 Å². The monoisotopic (exact) mass is 422 g/mol.